The molecule has 0 aromatic carbocycles. The van der Waals surface area contributed by atoms with Gasteiger partial charge in [0.1, 0.15) is 13.2 Å². The Morgan fingerprint density at radius 2 is 2.35 bits per heavy atom. The third-order valence-corrected chi connectivity index (χ3v) is 3.63. The average molecular weight is 281 g/mol. The van der Waals surface area contributed by atoms with E-state index in [-0.39, 0.29) is 25.2 Å². The number of piperazine rings is 1. The summed E-state index contributed by atoms with van der Waals surface area (Å²) >= 11 is 0. The molecule has 1 atom stereocenters. The van der Waals surface area contributed by atoms with Gasteiger partial charge in [0.15, 0.2) is 5.76 Å². The monoisotopic (exact) mass is 281 g/mol. The molecule has 1 unspecified atom stereocenters. The number of aryl methyl sites for hydroxylation is 1. The summed E-state index contributed by atoms with van der Waals surface area (Å²) in [5, 5.41) is 3.78. The first-order valence-corrected chi connectivity index (χ1v) is 7.12. The maximum Gasteiger partial charge on any atom is 0.248 e. The molecule has 6 nitrogen and oxygen atoms in total. The van der Waals surface area contributed by atoms with Crippen molar-refractivity contribution in [3.63, 3.8) is 0 Å². The van der Waals surface area contributed by atoms with Crippen molar-refractivity contribution in [3.8, 4) is 0 Å². The Hall–Kier alpha value is -1.40. The second kappa shape index (κ2) is 6.85. The van der Waals surface area contributed by atoms with Crippen molar-refractivity contribution in [2.24, 2.45) is 0 Å². The number of likely N-dealkylation sites (N-methyl/N-ethyl adjacent to an activating group) is 1. The molecule has 0 radical (unpaired) electrons. The van der Waals surface area contributed by atoms with Crippen molar-refractivity contribution in [3.05, 3.63) is 17.5 Å². The highest BCUT2D eigenvalue weighted by molar-refractivity contribution is 5.77. The van der Waals surface area contributed by atoms with Crippen LogP contribution < -0.4 is 0 Å². The van der Waals surface area contributed by atoms with Crippen LogP contribution in [0.25, 0.3) is 0 Å². The SMILES string of the molecule is CCN1CCN(C(=O)COCc2cc(C)no2)C(C)C1. The molecule has 1 fully saturated rings. The molecule has 2 rings (SSSR count). The minimum atomic E-state index is 0.0458. The lowest BCUT2D eigenvalue weighted by Gasteiger charge is -2.39. The number of amides is 1. The Morgan fingerprint density at radius 1 is 1.55 bits per heavy atom. The highest BCUT2D eigenvalue weighted by Gasteiger charge is 2.26. The van der Waals surface area contributed by atoms with Crippen molar-refractivity contribution < 1.29 is 14.1 Å². The number of hydrogen-bond acceptors (Lipinski definition) is 5. The minimum Gasteiger partial charge on any atom is -0.364 e. The largest absolute Gasteiger partial charge is 0.364 e. The van der Waals surface area contributed by atoms with E-state index in [1.165, 1.54) is 0 Å². The molecule has 1 aliphatic heterocycles. The molecule has 0 saturated carbocycles. The Kier molecular flexibility index (Phi) is 5.14. The first kappa shape index (κ1) is 15.0. The predicted molar refractivity (Wildman–Crippen MR) is 74.2 cm³/mol. The minimum absolute atomic E-state index is 0.0458. The average Bonchev–Trinajstić information content (AvgIpc) is 2.84. The van der Waals surface area contributed by atoms with Gasteiger partial charge in [0.2, 0.25) is 5.91 Å². The van der Waals surface area contributed by atoms with Gasteiger partial charge in [0, 0.05) is 31.7 Å². The maximum absolute atomic E-state index is 12.1. The Morgan fingerprint density at radius 3 is 2.95 bits per heavy atom. The van der Waals surface area contributed by atoms with Gasteiger partial charge in [-0.2, -0.15) is 0 Å². The third-order valence-electron chi connectivity index (χ3n) is 3.63. The lowest BCUT2D eigenvalue weighted by atomic mass is 10.2. The van der Waals surface area contributed by atoms with E-state index in [1.807, 2.05) is 17.9 Å². The lowest BCUT2D eigenvalue weighted by molar-refractivity contribution is -0.141. The number of hydrogen-bond donors (Lipinski definition) is 0. The van der Waals surface area contributed by atoms with Crippen LogP contribution in [0.5, 0.6) is 0 Å². The summed E-state index contributed by atoms with van der Waals surface area (Å²) in [7, 11) is 0. The molecule has 20 heavy (non-hydrogen) atoms. The van der Waals surface area contributed by atoms with E-state index in [9.17, 15) is 4.79 Å². The zero-order valence-corrected chi connectivity index (χ0v) is 12.5. The normalized spacial score (nSPS) is 20.4. The van der Waals surface area contributed by atoms with Crippen LogP contribution >= 0.6 is 0 Å². The van der Waals surface area contributed by atoms with Crippen molar-refractivity contribution in [2.75, 3.05) is 32.8 Å². The molecule has 1 aromatic rings. The van der Waals surface area contributed by atoms with Crippen molar-refractivity contribution in [1.82, 2.24) is 15.0 Å². The summed E-state index contributed by atoms with van der Waals surface area (Å²) in [6.07, 6.45) is 0. The summed E-state index contributed by atoms with van der Waals surface area (Å²) in [5.41, 5.74) is 0.819. The standard InChI is InChI=1S/C14H23N3O3/c1-4-16-5-6-17(12(3)8-16)14(18)10-19-9-13-7-11(2)15-20-13/h7,12H,4-6,8-10H2,1-3H3. The number of ether oxygens (including phenoxy) is 1. The number of carbonyl (C=O) groups is 1. The Bertz CT molecular complexity index is 447. The molecular formula is C14H23N3O3. The predicted octanol–water partition coefficient (Wildman–Crippen LogP) is 1.05. The van der Waals surface area contributed by atoms with Gasteiger partial charge >= 0.3 is 0 Å². The number of carbonyl (C=O) groups excluding carboxylic acids is 1. The molecule has 1 aromatic heterocycles. The number of aromatic nitrogens is 1. The highest BCUT2D eigenvalue weighted by atomic mass is 16.5. The quantitative estimate of drug-likeness (QED) is 0.807. The Labute approximate surface area is 119 Å². The molecule has 1 amide bonds. The molecule has 0 aliphatic carbocycles. The van der Waals surface area contributed by atoms with Crippen LogP contribution in [0.3, 0.4) is 0 Å². The summed E-state index contributed by atoms with van der Waals surface area (Å²) < 4.78 is 10.4. The topological polar surface area (TPSA) is 58.8 Å². The fourth-order valence-corrected chi connectivity index (χ4v) is 2.50. The van der Waals surface area contributed by atoms with Crippen LogP contribution in [0, 0.1) is 6.92 Å². The van der Waals surface area contributed by atoms with Crippen molar-refractivity contribution in [1.29, 1.82) is 0 Å². The zero-order valence-electron chi connectivity index (χ0n) is 12.5. The fraction of sp³-hybridized carbons (Fsp3) is 0.714. The van der Waals surface area contributed by atoms with E-state index in [1.54, 1.807) is 0 Å². The highest BCUT2D eigenvalue weighted by Crippen LogP contribution is 2.10. The first-order valence-electron chi connectivity index (χ1n) is 7.12. The lowest BCUT2D eigenvalue weighted by Crippen LogP contribution is -2.54. The molecule has 2 heterocycles. The Balaban J connectivity index is 1.74. The number of nitrogens with zero attached hydrogens (tertiary/aromatic N) is 3. The molecule has 6 heteroatoms. The van der Waals surface area contributed by atoms with E-state index in [0.717, 1.165) is 31.9 Å². The molecule has 1 aliphatic rings. The maximum atomic E-state index is 12.1. The van der Waals surface area contributed by atoms with Crippen LogP contribution in [-0.4, -0.2) is 59.7 Å². The second-order valence-corrected chi connectivity index (χ2v) is 5.26. The van der Waals surface area contributed by atoms with E-state index in [4.69, 9.17) is 9.26 Å². The zero-order chi connectivity index (χ0) is 14.5. The molecular weight excluding hydrogens is 258 g/mol. The third kappa shape index (κ3) is 3.80. The summed E-state index contributed by atoms with van der Waals surface area (Å²) in [6.45, 7) is 10.1. The van der Waals surface area contributed by atoms with Gasteiger partial charge in [0.25, 0.3) is 0 Å². The van der Waals surface area contributed by atoms with Crippen LogP contribution in [0.2, 0.25) is 0 Å². The molecule has 1 saturated heterocycles. The van der Waals surface area contributed by atoms with E-state index >= 15 is 0 Å². The van der Waals surface area contributed by atoms with Gasteiger partial charge in [-0.05, 0) is 20.4 Å². The van der Waals surface area contributed by atoms with Crippen LogP contribution in [0.15, 0.2) is 10.6 Å². The van der Waals surface area contributed by atoms with Gasteiger partial charge in [-0.15, -0.1) is 0 Å². The summed E-state index contributed by atoms with van der Waals surface area (Å²) in [5.74, 6) is 0.698. The van der Waals surface area contributed by atoms with Crippen LogP contribution in [-0.2, 0) is 16.1 Å². The molecule has 112 valence electrons. The van der Waals surface area contributed by atoms with Crippen LogP contribution in [0.4, 0.5) is 0 Å². The number of rotatable bonds is 5. The van der Waals surface area contributed by atoms with Crippen molar-refractivity contribution in [2.45, 2.75) is 33.4 Å². The smallest absolute Gasteiger partial charge is 0.248 e. The van der Waals surface area contributed by atoms with E-state index in [0.29, 0.717) is 5.76 Å². The van der Waals surface area contributed by atoms with Crippen molar-refractivity contribution >= 4 is 5.91 Å². The van der Waals surface area contributed by atoms with Gasteiger partial charge in [-0.25, -0.2) is 0 Å². The second-order valence-electron chi connectivity index (χ2n) is 5.26. The molecule has 0 bridgehead atoms. The summed E-state index contributed by atoms with van der Waals surface area (Å²) in [4.78, 5) is 16.4. The van der Waals surface area contributed by atoms with Gasteiger partial charge in [-0.1, -0.05) is 12.1 Å². The van der Waals surface area contributed by atoms with Crippen LogP contribution in [0.1, 0.15) is 25.3 Å². The van der Waals surface area contributed by atoms with Gasteiger partial charge in [-0.3, -0.25) is 9.69 Å². The summed E-state index contributed by atoms with van der Waals surface area (Å²) in [6, 6.07) is 2.06. The van der Waals surface area contributed by atoms with Gasteiger partial charge in [0.05, 0.1) is 5.69 Å². The first-order chi connectivity index (χ1) is 9.60. The van der Waals surface area contributed by atoms with E-state index in [2.05, 4.69) is 23.9 Å². The van der Waals surface area contributed by atoms with Gasteiger partial charge < -0.3 is 14.2 Å². The molecule has 0 spiro atoms. The fourth-order valence-electron chi connectivity index (χ4n) is 2.50. The van der Waals surface area contributed by atoms with E-state index < -0.39 is 0 Å². The molecule has 0 N–H and O–H groups in total.